The van der Waals surface area contributed by atoms with E-state index in [1.807, 2.05) is 11.8 Å². The molecule has 0 saturated heterocycles. The van der Waals surface area contributed by atoms with Crippen molar-refractivity contribution >= 4 is 39.6 Å². The summed E-state index contributed by atoms with van der Waals surface area (Å²) in [5, 5.41) is 2.41. The number of para-hydroxylation sites is 2. The van der Waals surface area contributed by atoms with E-state index in [2.05, 4.69) is 278 Å². The van der Waals surface area contributed by atoms with Crippen LogP contribution in [0, 0.1) is 0 Å². The Labute approximate surface area is 440 Å². The largest absolute Gasteiger partial charge is 0.457 e. The fraction of sp³-hybridized carbons (Fsp3) is 0.0278. The van der Waals surface area contributed by atoms with Crippen molar-refractivity contribution in [3.8, 4) is 56.0 Å². The van der Waals surface area contributed by atoms with Gasteiger partial charge in [-0.1, -0.05) is 212 Å². The zero-order chi connectivity index (χ0) is 49.2. The third kappa shape index (κ3) is 5.99. The molecule has 2 nitrogen and oxygen atoms in total. The van der Waals surface area contributed by atoms with E-state index in [0.29, 0.717) is 0 Å². The van der Waals surface area contributed by atoms with Crippen LogP contribution in [0.4, 0.5) is 17.1 Å². The topological polar surface area (TPSA) is 12.5 Å². The third-order valence-electron chi connectivity index (χ3n) is 16.6. The molecule has 16 rings (SSSR count). The second kappa shape index (κ2) is 16.2. The van der Waals surface area contributed by atoms with Crippen LogP contribution in [-0.2, 0) is 10.8 Å². The summed E-state index contributed by atoms with van der Waals surface area (Å²) in [7, 11) is 0. The average molecular weight is 972 g/mol. The predicted molar refractivity (Wildman–Crippen MR) is 308 cm³/mol. The molecule has 0 atom stereocenters. The van der Waals surface area contributed by atoms with Crippen molar-refractivity contribution < 1.29 is 4.74 Å². The van der Waals surface area contributed by atoms with E-state index in [0.717, 1.165) is 39.7 Å². The van der Waals surface area contributed by atoms with E-state index >= 15 is 0 Å². The third-order valence-corrected chi connectivity index (χ3v) is 17.7. The quantitative estimate of drug-likeness (QED) is 0.171. The summed E-state index contributed by atoms with van der Waals surface area (Å²) >= 11 is 1.89. The highest BCUT2D eigenvalue weighted by Crippen LogP contribution is 2.64. The predicted octanol–water partition coefficient (Wildman–Crippen LogP) is 18.9. The van der Waals surface area contributed by atoms with Gasteiger partial charge in [0.05, 0.1) is 10.8 Å². The van der Waals surface area contributed by atoms with Gasteiger partial charge >= 0.3 is 0 Å². The summed E-state index contributed by atoms with van der Waals surface area (Å²) in [6, 6.07) is 101. The number of anilines is 3. The monoisotopic (exact) mass is 971 g/mol. The molecule has 2 spiro atoms. The molecule has 350 valence electrons. The van der Waals surface area contributed by atoms with Gasteiger partial charge in [-0.15, -0.1) is 0 Å². The van der Waals surface area contributed by atoms with Gasteiger partial charge in [-0.05, 0) is 161 Å². The highest BCUT2D eigenvalue weighted by molar-refractivity contribution is 7.99. The first-order valence-electron chi connectivity index (χ1n) is 25.9. The molecule has 0 N–H and O–H groups in total. The molecule has 75 heavy (non-hydrogen) atoms. The lowest BCUT2D eigenvalue weighted by Gasteiger charge is -2.39. The lowest BCUT2D eigenvalue weighted by Crippen LogP contribution is -2.32. The van der Waals surface area contributed by atoms with Crippen LogP contribution in [0.5, 0.6) is 11.5 Å². The molecular formula is C72H45NOS. The fourth-order valence-electron chi connectivity index (χ4n) is 13.4. The van der Waals surface area contributed by atoms with Crippen LogP contribution in [-0.4, -0.2) is 0 Å². The Morgan fingerprint density at radius 2 is 0.693 bits per heavy atom. The van der Waals surface area contributed by atoms with Crippen molar-refractivity contribution in [2.45, 2.75) is 20.6 Å². The van der Waals surface area contributed by atoms with E-state index in [-0.39, 0.29) is 0 Å². The highest BCUT2D eigenvalue weighted by atomic mass is 32.2. The molecule has 12 aromatic rings. The molecule has 0 unspecified atom stereocenters. The minimum Gasteiger partial charge on any atom is -0.457 e. The number of hydrogen-bond donors (Lipinski definition) is 0. The maximum Gasteiger partial charge on any atom is 0.132 e. The van der Waals surface area contributed by atoms with Crippen LogP contribution in [0.15, 0.2) is 283 Å². The fourth-order valence-corrected chi connectivity index (χ4v) is 14.6. The second-order valence-electron chi connectivity index (χ2n) is 20.3. The molecule has 2 aliphatic heterocycles. The van der Waals surface area contributed by atoms with Gasteiger partial charge < -0.3 is 9.64 Å². The van der Waals surface area contributed by atoms with Crippen LogP contribution in [0.2, 0.25) is 0 Å². The van der Waals surface area contributed by atoms with Crippen molar-refractivity contribution in [2.75, 3.05) is 4.90 Å². The van der Waals surface area contributed by atoms with Crippen molar-refractivity contribution in [1.82, 2.24) is 0 Å². The molecule has 0 fully saturated rings. The van der Waals surface area contributed by atoms with E-state index in [1.54, 1.807) is 0 Å². The molecule has 2 heterocycles. The molecule has 2 aliphatic carbocycles. The Morgan fingerprint density at radius 3 is 1.32 bits per heavy atom. The number of hydrogen-bond acceptors (Lipinski definition) is 3. The van der Waals surface area contributed by atoms with Crippen molar-refractivity contribution in [2.24, 2.45) is 0 Å². The van der Waals surface area contributed by atoms with Crippen LogP contribution in [0.25, 0.3) is 55.3 Å². The zero-order valence-corrected chi connectivity index (χ0v) is 41.6. The maximum absolute atomic E-state index is 6.74. The van der Waals surface area contributed by atoms with Gasteiger partial charge in [-0.2, -0.15) is 0 Å². The van der Waals surface area contributed by atoms with Gasteiger partial charge in [0, 0.05) is 38.0 Å². The van der Waals surface area contributed by atoms with Gasteiger partial charge in [-0.25, -0.2) is 0 Å². The Hall–Kier alpha value is -9.15. The van der Waals surface area contributed by atoms with E-state index in [4.69, 9.17) is 4.74 Å². The molecule has 0 aromatic heterocycles. The highest BCUT2D eigenvalue weighted by Gasteiger charge is 2.52. The Bertz CT molecular complexity index is 4220. The minimum atomic E-state index is -0.600. The second-order valence-corrected chi connectivity index (χ2v) is 21.3. The molecule has 12 aromatic carbocycles. The van der Waals surface area contributed by atoms with E-state index in [9.17, 15) is 0 Å². The summed E-state index contributed by atoms with van der Waals surface area (Å²) < 4.78 is 6.74. The number of nitrogens with zero attached hydrogens (tertiary/aromatic N) is 1. The molecular weight excluding hydrogens is 927 g/mol. The van der Waals surface area contributed by atoms with Crippen LogP contribution in [0.3, 0.4) is 0 Å². The summed E-state index contributed by atoms with van der Waals surface area (Å²) in [6.45, 7) is 0. The molecule has 0 bridgehead atoms. The summed E-state index contributed by atoms with van der Waals surface area (Å²) in [5.41, 5.74) is 22.3. The van der Waals surface area contributed by atoms with Crippen molar-refractivity contribution in [3.63, 3.8) is 0 Å². The zero-order valence-electron chi connectivity index (χ0n) is 40.7. The minimum absolute atomic E-state index is 0.438. The first kappa shape index (κ1) is 42.4. The number of ether oxygens (including phenoxy) is 1. The average Bonchev–Trinajstić information content (AvgIpc) is 4.12. The Morgan fingerprint density at radius 1 is 0.267 bits per heavy atom. The van der Waals surface area contributed by atoms with Crippen LogP contribution >= 0.6 is 11.8 Å². The van der Waals surface area contributed by atoms with Crippen molar-refractivity contribution in [3.05, 3.63) is 317 Å². The number of benzene rings is 12. The summed E-state index contributed by atoms with van der Waals surface area (Å²) in [5.74, 6) is 1.77. The number of fused-ring (bicyclic) bond motifs is 19. The molecule has 0 amide bonds. The van der Waals surface area contributed by atoms with Crippen molar-refractivity contribution in [1.29, 1.82) is 0 Å². The molecule has 0 radical (unpaired) electrons. The van der Waals surface area contributed by atoms with E-state index in [1.165, 1.54) is 98.5 Å². The smallest absolute Gasteiger partial charge is 0.132 e. The van der Waals surface area contributed by atoms with Crippen LogP contribution in [0.1, 0.15) is 44.5 Å². The van der Waals surface area contributed by atoms with Gasteiger partial charge in [0.25, 0.3) is 0 Å². The first-order valence-corrected chi connectivity index (χ1v) is 26.7. The Balaban J connectivity index is 0.898. The summed E-state index contributed by atoms with van der Waals surface area (Å²) in [6.07, 6.45) is 0. The molecule has 4 aliphatic rings. The Kier molecular flexibility index (Phi) is 9.14. The van der Waals surface area contributed by atoms with Gasteiger partial charge in [0.15, 0.2) is 0 Å². The maximum atomic E-state index is 6.74. The van der Waals surface area contributed by atoms with Gasteiger partial charge in [0.1, 0.15) is 11.5 Å². The van der Waals surface area contributed by atoms with Crippen LogP contribution < -0.4 is 9.64 Å². The standard InChI is InChI=1S/C72H45NOS/c1-2-16-46(17-3-1)47-30-32-48(33-31-47)49-34-37-52(38-35-49)73(54-40-41-57-55-18-4-6-20-59(55)71(66(57)45-54)61-22-8-12-26-67(61)74-68-27-13-9-23-62(68)71)53-39-36-50-44-65-58(43-51(50)42-53)56-19-5-7-21-60(56)72(65)63-24-10-14-28-69(63)75-70-29-15-11-25-64(70)72/h1-45H. The van der Waals surface area contributed by atoms with Gasteiger partial charge in [-0.3, -0.25) is 0 Å². The number of rotatable bonds is 5. The lowest BCUT2D eigenvalue weighted by molar-refractivity contribution is 0.436. The molecule has 0 saturated carbocycles. The first-order chi connectivity index (χ1) is 37.2. The normalized spacial score (nSPS) is 14.1. The lowest BCUT2D eigenvalue weighted by atomic mass is 9.66. The van der Waals surface area contributed by atoms with E-state index < -0.39 is 10.8 Å². The SMILES string of the molecule is c1ccc(-c2ccc(-c3ccc(N(c4ccc5c(c4)C4(c6ccccc6Oc6ccccc64)c4ccccc4-5)c4ccc5cc6c(cc5c4)-c4ccccc4C64c5ccccc5Sc5ccccc54)cc3)cc2)cc1. The molecule has 3 heteroatoms. The van der Waals surface area contributed by atoms with Gasteiger partial charge in [0.2, 0.25) is 0 Å². The summed E-state index contributed by atoms with van der Waals surface area (Å²) in [4.78, 5) is 5.09.